The summed E-state index contributed by atoms with van der Waals surface area (Å²) in [6.45, 7) is 2.29. The Morgan fingerprint density at radius 2 is 2.08 bits per heavy atom. The van der Waals surface area contributed by atoms with Gasteiger partial charge in [-0.1, -0.05) is 17.7 Å². The van der Waals surface area contributed by atoms with Crippen molar-refractivity contribution < 1.29 is 9.53 Å². The molecule has 0 aliphatic heterocycles. The lowest BCUT2D eigenvalue weighted by Crippen LogP contribution is -2.12. The Kier molecular flexibility index (Phi) is 4.72. The number of carbonyl (C=O) groups excluding carboxylic acids is 1. The van der Waals surface area contributed by atoms with Crippen LogP contribution in [0.5, 0.6) is 5.88 Å². The first-order valence-electron chi connectivity index (χ1n) is 7.22. The molecule has 0 unspecified atom stereocenters. The van der Waals surface area contributed by atoms with Gasteiger partial charge in [-0.3, -0.25) is 9.36 Å². The summed E-state index contributed by atoms with van der Waals surface area (Å²) < 4.78 is 7.00. The number of pyridine rings is 1. The number of nitrogens with zero attached hydrogens (tertiary/aromatic N) is 4. The SMILES string of the molecule is CCOc1ncc(C(=O)Nc2cccc(-n3cnnc3)c2)cc1Cl. The molecule has 1 amide bonds. The molecule has 122 valence electrons. The molecule has 0 radical (unpaired) electrons. The van der Waals surface area contributed by atoms with Crippen LogP contribution >= 0.6 is 11.6 Å². The van der Waals surface area contributed by atoms with E-state index in [0.717, 1.165) is 5.69 Å². The number of amides is 1. The molecule has 3 aromatic rings. The van der Waals surface area contributed by atoms with Crippen molar-refractivity contribution in [3.05, 3.63) is 59.8 Å². The fraction of sp³-hybridized carbons (Fsp3) is 0.125. The van der Waals surface area contributed by atoms with Crippen molar-refractivity contribution in [2.45, 2.75) is 6.92 Å². The Morgan fingerprint density at radius 1 is 1.29 bits per heavy atom. The van der Waals surface area contributed by atoms with E-state index >= 15 is 0 Å². The van der Waals surface area contributed by atoms with Crippen LogP contribution < -0.4 is 10.1 Å². The fourth-order valence-electron chi connectivity index (χ4n) is 2.07. The number of nitrogens with one attached hydrogen (secondary N) is 1. The number of anilines is 1. The largest absolute Gasteiger partial charge is 0.477 e. The topological polar surface area (TPSA) is 81.9 Å². The van der Waals surface area contributed by atoms with E-state index in [0.29, 0.717) is 28.8 Å². The average molecular weight is 344 g/mol. The second kappa shape index (κ2) is 7.10. The Hall–Kier alpha value is -2.93. The van der Waals surface area contributed by atoms with E-state index in [-0.39, 0.29) is 5.91 Å². The molecule has 0 aliphatic rings. The lowest BCUT2D eigenvalue weighted by atomic mass is 10.2. The van der Waals surface area contributed by atoms with Crippen molar-refractivity contribution in [3.8, 4) is 11.6 Å². The zero-order valence-corrected chi connectivity index (χ0v) is 13.6. The quantitative estimate of drug-likeness (QED) is 0.770. The highest BCUT2D eigenvalue weighted by Gasteiger charge is 2.11. The third-order valence-corrected chi connectivity index (χ3v) is 3.44. The summed E-state index contributed by atoms with van der Waals surface area (Å²) >= 11 is 6.06. The summed E-state index contributed by atoms with van der Waals surface area (Å²) in [4.78, 5) is 16.4. The van der Waals surface area contributed by atoms with Crippen LogP contribution in [-0.2, 0) is 0 Å². The van der Waals surface area contributed by atoms with Gasteiger partial charge in [-0.05, 0) is 31.2 Å². The van der Waals surface area contributed by atoms with Crippen molar-refractivity contribution >= 4 is 23.2 Å². The molecule has 0 aliphatic carbocycles. The smallest absolute Gasteiger partial charge is 0.257 e. The maximum atomic E-state index is 12.4. The van der Waals surface area contributed by atoms with Gasteiger partial charge in [0.15, 0.2) is 0 Å². The lowest BCUT2D eigenvalue weighted by Gasteiger charge is -2.09. The highest BCUT2D eigenvalue weighted by molar-refractivity contribution is 6.32. The summed E-state index contributed by atoms with van der Waals surface area (Å²) in [5.41, 5.74) is 1.81. The summed E-state index contributed by atoms with van der Waals surface area (Å²) in [5, 5.41) is 10.6. The van der Waals surface area contributed by atoms with E-state index in [4.69, 9.17) is 16.3 Å². The van der Waals surface area contributed by atoms with Crippen LogP contribution in [0.2, 0.25) is 5.02 Å². The number of ether oxygens (including phenoxy) is 1. The Balaban J connectivity index is 1.78. The number of aromatic nitrogens is 4. The molecule has 0 bridgehead atoms. The second-order valence-corrected chi connectivity index (χ2v) is 5.22. The predicted molar refractivity (Wildman–Crippen MR) is 89.7 cm³/mol. The normalized spacial score (nSPS) is 10.4. The number of benzene rings is 1. The van der Waals surface area contributed by atoms with E-state index in [1.165, 1.54) is 12.3 Å². The Bertz CT molecular complexity index is 851. The average Bonchev–Trinajstić information content (AvgIpc) is 3.11. The standard InChI is InChI=1S/C16H14ClN5O2/c1-2-24-16-14(17)6-11(8-18-16)15(23)21-12-4-3-5-13(7-12)22-9-19-20-10-22/h3-10H,2H2,1H3,(H,21,23). The first-order chi connectivity index (χ1) is 11.7. The summed E-state index contributed by atoms with van der Waals surface area (Å²) in [5.74, 6) is -0.00123. The number of hydrogen-bond donors (Lipinski definition) is 1. The van der Waals surface area contributed by atoms with Crippen LogP contribution in [0.4, 0.5) is 5.69 Å². The molecule has 7 nitrogen and oxygen atoms in total. The Labute approximate surface area is 143 Å². The zero-order chi connectivity index (χ0) is 16.9. The molecule has 24 heavy (non-hydrogen) atoms. The van der Waals surface area contributed by atoms with Gasteiger partial charge in [-0.25, -0.2) is 4.98 Å². The third-order valence-electron chi connectivity index (χ3n) is 3.17. The minimum absolute atomic E-state index is 0.294. The van der Waals surface area contributed by atoms with Crippen LogP contribution in [0.3, 0.4) is 0 Å². The van der Waals surface area contributed by atoms with Crippen molar-refractivity contribution in [3.63, 3.8) is 0 Å². The van der Waals surface area contributed by atoms with Gasteiger partial charge < -0.3 is 10.1 Å². The van der Waals surface area contributed by atoms with Gasteiger partial charge in [-0.15, -0.1) is 10.2 Å². The monoisotopic (exact) mass is 343 g/mol. The molecule has 0 saturated heterocycles. The molecule has 1 N–H and O–H groups in total. The second-order valence-electron chi connectivity index (χ2n) is 4.82. The van der Waals surface area contributed by atoms with Gasteiger partial charge >= 0.3 is 0 Å². The molecule has 0 spiro atoms. The maximum absolute atomic E-state index is 12.4. The van der Waals surface area contributed by atoms with E-state index in [1.807, 2.05) is 25.1 Å². The summed E-state index contributed by atoms with van der Waals surface area (Å²) in [7, 11) is 0. The van der Waals surface area contributed by atoms with Gasteiger partial charge in [-0.2, -0.15) is 0 Å². The highest BCUT2D eigenvalue weighted by Crippen LogP contribution is 2.23. The van der Waals surface area contributed by atoms with E-state index in [9.17, 15) is 4.79 Å². The van der Waals surface area contributed by atoms with Crippen LogP contribution in [0, 0.1) is 0 Å². The van der Waals surface area contributed by atoms with E-state index in [1.54, 1.807) is 23.3 Å². The van der Waals surface area contributed by atoms with Gasteiger partial charge in [0.1, 0.15) is 17.7 Å². The molecule has 0 fully saturated rings. The van der Waals surface area contributed by atoms with Gasteiger partial charge in [0.25, 0.3) is 5.91 Å². The van der Waals surface area contributed by atoms with Crippen molar-refractivity contribution in [2.24, 2.45) is 0 Å². The first kappa shape index (κ1) is 15.9. The molecule has 2 heterocycles. The molecule has 0 atom stereocenters. The molecule has 2 aromatic heterocycles. The van der Waals surface area contributed by atoms with Crippen LogP contribution in [0.1, 0.15) is 17.3 Å². The van der Waals surface area contributed by atoms with Crippen LogP contribution in [0.25, 0.3) is 5.69 Å². The van der Waals surface area contributed by atoms with Gasteiger partial charge in [0.2, 0.25) is 5.88 Å². The van der Waals surface area contributed by atoms with Crippen LogP contribution in [0.15, 0.2) is 49.2 Å². The van der Waals surface area contributed by atoms with E-state index < -0.39 is 0 Å². The maximum Gasteiger partial charge on any atom is 0.257 e. The molecular weight excluding hydrogens is 330 g/mol. The molecule has 0 saturated carbocycles. The first-order valence-corrected chi connectivity index (χ1v) is 7.60. The van der Waals surface area contributed by atoms with Crippen molar-refractivity contribution in [1.29, 1.82) is 0 Å². The minimum Gasteiger partial charge on any atom is -0.477 e. The number of halogens is 1. The lowest BCUT2D eigenvalue weighted by molar-refractivity contribution is 0.102. The highest BCUT2D eigenvalue weighted by atomic mass is 35.5. The van der Waals surface area contributed by atoms with Crippen LogP contribution in [-0.4, -0.2) is 32.3 Å². The molecular formula is C16H14ClN5O2. The summed E-state index contributed by atoms with van der Waals surface area (Å²) in [6, 6.07) is 8.83. The predicted octanol–water partition coefficient (Wildman–Crippen LogP) is 2.97. The molecule has 3 rings (SSSR count). The van der Waals surface area contributed by atoms with Gasteiger partial charge in [0.05, 0.1) is 17.9 Å². The molecule has 8 heteroatoms. The number of rotatable bonds is 5. The Morgan fingerprint density at radius 3 is 2.79 bits per heavy atom. The van der Waals surface area contributed by atoms with Crippen molar-refractivity contribution in [1.82, 2.24) is 19.7 Å². The zero-order valence-electron chi connectivity index (χ0n) is 12.8. The minimum atomic E-state index is -0.312. The summed E-state index contributed by atoms with van der Waals surface area (Å²) in [6.07, 6.45) is 4.59. The van der Waals surface area contributed by atoms with Crippen molar-refractivity contribution in [2.75, 3.05) is 11.9 Å². The van der Waals surface area contributed by atoms with E-state index in [2.05, 4.69) is 20.5 Å². The number of hydrogen-bond acceptors (Lipinski definition) is 5. The molecule has 1 aromatic carbocycles. The van der Waals surface area contributed by atoms with Gasteiger partial charge in [0, 0.05) is 11.9 Å². The third kappa shape index (κ3) is 3.52. The number of carbonyl (C=O) groups is 1. The fourth-order valence-corrected chi connectivity index (χ4v) is 2.29.